The lowest BCUT2D eigenvalue weighted by Crippen LogP contribution is -2.69. The number of carboxylic acid groups (broad SMARTS) is 12. The molecule has 72 heteroatoms. The third-order valence-corrected chi connectivity index (χ3v) is 24.6. The van der Waals surface area contributed by atoms with Gasteiger partial charge in [0.15, 0.2) is 149 Å². The molecule has 0 bridgehead atoms. The van der Waals surface area contributed by atoms with E-state index in [9.17, 15) is 246 Å². The van der Waals surface area contributed by atoms with Crippen LogP contribution in [-0.2, 0) is 166 Å². The number of aliphatic hydroxyl groups excluding tert-OH is 25. The van der Waals surface area contributed by atoms with E-state index in [1.165, 1.54) is 0 Å². The van der Waals surface area contributed by atoms with E-state index < -0.39 is 440 Å². The van der Waals surface area contributed by atoms with Crippen molar-refractivity contribution >= 4 is 71.6 Å². The number of hydrogen-bond acceptors (Lipinski definition) is 60. The zero-order chi connectivity index (χ0) is 107. The fourth-order valence-electron chi connectivity index (χ4n) is 17.0. The first-order valence-corrected chi connectivity index (χ1v) is 42.0. The molecule has 72 nitrogen and oxygen atoms in total. The van der Waals surface area contributed by atoms with Crippen molar-refractivity contribution in [3.63, 3.8) is 0 Å². The molecule has 0 unspecified atom stereocenters. The summed E-state index contributed by atoms with van der Waals surface area (Å²) in [5.41, 5.74) is 0. The number of carboxylic acids is 12. The molecule has 12 rings (SSSR count). The molecule has 12 aliphatic rings. The van der Waals surface area contributed by atoms with Crippen LogP contribution < -0.4 is 0 Å². The van der Waals surface area contributed by atoms with Crippen LogP contribution in [0.25, 0.3) is 0 Å². The van der Waals surface area contributed by atoms with Crippen LogP contribution >= 0.6 is 0 Å². The molecule has 0 radical (unpaired) electrons. The van der Waals surface area contributed by atoms with E-state index in [0.29, 0.717) is 0 Å². The standard InChI is InChI=1S/C72H98O72/c73-2-1-3(49(97)98)122-62(4(2)74)124-28-6(76)17(87)64(135-39(28)51(101)102)126-30-8(78)19(89)66(137-41(30)53(105)106)128-32-10(80)21(91)68(139-43(32)55(109)110)130-34-12(82)23(93)70(141-45(34)57(113)114)132-36-14(84)25(95)72(143-47(36)59(117)118)134-37-15(85)26(96)71(144-48(37)60(119)120)133-35-13(83)24(94)69(142-46(35)58(115)116)131-33-11(81)22(92)67(140-44(33)56(111)112)129-31-9(79)20(90)65(138-42(31)54(107)108)127-29-7(77)18(88)63(136-40(29)52(103)104)125-27-5(75)16(86)61(121)123-38(27)50(99)100/h2-48,61-96,121H,1H2,(H,97,98)(H,99,100)(H,101,102)(H,103,104)(H,105,106)(H,107,108)(H,109,110)(H,111,112)(H,113,114)(H,115,116)(H,117,118)(H,119,120)/t2-,3-,4+,5+,6+,7+,8+,9+,10+,11+,12+,13+,14+,15+,16+,17+,18+,19+,20+,21+,22+,23+,24+,25+,26+,27+,28+,29+,30+,31+,32+,33+,34+,35+,36+,37+,38-,39-,40-,41-,42-,43-,44-,45-,46-,47-,48-,61+,62+,63-,64-,65-,66-,67-,68-,69-,70-,71-,72-/m0/s1. The smallest absolute Gasteiger partial charge is 0.335 e. The average molecular weight is 2120 g/mol. The Kier molecular flexibility index (Phi) is 36.6. The molecule has 37 N–H and O–H groups in total. The molecule has 0 aromatic heterocycles. The molecule has 12 fully saturated rings. The Labute approximate surface area is 794 Å². The summed E-state index contributed by atoms with van der Waals surface area (Å²) < 4.78 is 121. The largest absolute Gasteiger partial charge is 0.479 e. The van der Waals surface area contributed by atoms with Gasteiger partial charge in [-0.25, -0.2) is 57.5 Å². The second kappa shape index (κ2) is 46.0. The highest BCUT2D eigenvalue weighted by atomic mass is 16.8. The molecule has 0 aromatic carbocycles. The molecule has 12 heterocycles. The van der Waals surface area contributed by atoms with Crippen molar-refractivity contribution in [2.24, 2.45) is 0 Å². The van der Waals surface area contributed by atoms with Gasteiger partial charge in [0.05, 0.1) is 6.10 Å². The summed E-state index contributed by atoms with van der Waals surface area (Å²) in [6.45, 7) is 0. The molecular weight excluding hydrogens is 2020 g/mol. The molecule has 818 valence electrons. The molecule has 144 heavy (non-hydrogen) atoms. The lowest BCUT2D eigenvalue weighted by molar-refractivity contribution is -0.392. The number of aliphatic carboxylic acids is 12. The summed E-state index contributed by atoms with van der Waals surface area (Å²) in [5.74, 6) is -26.1. The average Bonchev–Trinajstić information content (AvgIpc) is 0.764. The predicted octanol–water partition coefficient (Wildman–Crippen LogP) is -25.0. The van der Waals surface area contributed by atoms with Crippen LogP contribution in [0.2, 0.25) is 0 Å². The monoisotopic (exact) mass is 2110 g/mol. The van der Waals surface area contributed by atoms with Crippen LogP contribution in [0.1, 0.15) is 6.42 Å². The van der Waals surface area contributed by atoms with Gasteiger partial charge >= 0.3 is 71.6 Å². The summed E-state index contributed by atoms with van der Waals surface area (Å²) in [6.07, 6.45) is -158. The highest BCUT2D eigenvalue weighted by molar-refractivity contribution is 5.78. The maximum Gasteiger partial charge on any atom is 0.335 e. The Morgan fingerprint density at radius 1 is 0.146 bits per heavy atom. The number of hydrogen-bond donors (Lipinski definition) is 37. The van der Waals surface area contributed by atoms with Crippen molar-refractivity contribution in [1.82, 2.24) is 0 Å². The van der Waals surface area contributed by atoms with Crippen molar-refractivity contribution in [3.8, 4) is 0 Å². The highest BCUT2D eigenvalue weighted by Crippen LogP contribution is 2.43. The molecule has 0 aliphatic carbocycles. The predicted molar refractivity (Wildman–Crippen MR) is 400 cm³/mol. The third-order valence-electron chi connectivity index (χ3n) is 24.6. The van der Waals surface area contributed by atoms with Gasteiger partial charge in [-0.3, -0.25) is 0 Å². The van der Waals surface area contributed by atoms with Crippen LogP contribution in [-0.4, -0.2) is 623 Å². The van der Waals surface area contributed by atoms with Crippen LogP contribution in [0.5, 0.6) is 0 Å². The summed E-state index contributed by atoms with van der Waals surface area (Å²) in [5, 5.41) is 399. The Morgan fingerprint density at radius 3 is 0.389 bits per heavy atom. The molecule has 0 saturated carbocycles. The number of ether oxygens (including phenoxy) is 23. The number of rotatable bonds is 34. The van der Waals surface area contributed by atoms with Crippen molar-refractivity contribution in [2.45, 2.75) is 369 Å². The van der Waals surface area contributed by atoms with Crippen molar-refractivity contribution < 1.29 is 355 Å². The minimum absolute atomic E-state index is 0.718. The zero-order valence-corrected chi connectivity index (χ0v) is 71.6. The summed E-state index contributed by atoms with van der Waals surface area (Å²) in [6, 6.07) is 0. The summed E-state index contributed by atoms with van der Waals surface area (Å²) in [7, 11) is 0. The van der Waals surface area contributed by atoms with Gasteiger partial charge in [0, 0.05) is 6.42 Å². The number of aliphatic hydroxyl groups is 25. The van der Waals surface area contributed by atoms with Gasteiger partial charge < -0.3 is 298 Å². The SMILES string of the molecule is O=C(O)[C@@H]1C[C@H](O)[C@@H](O)[C@@H](O[C@@H]2[C@H](O)[C@@H](O)[C@@H](O[C@@H]3[C@H](O)[C@@H](O)[C@@H](O[C@@H]4[C@H](O)[C@@H](O)[C@@H](O[C@@H]5[C@H](O)[C@@H](O)[C@@H](O[C@@H]6[C@H](O)[C@@H](O)[C@@H](O[C@@H]7[C@H](O)[C@@H](O)[C@@H](O[C@@H]8[C@H](O)[C@@H](O)[C@@H](O[C@@H]9[C@H](O)[C@@H](O)[C@@H](O[C@@H]%10[C@H](O)[C@@H](O)[C@@H](O[C@@H]%11[C@H](O)[C@@H](O)[C@@H](O[C@@H]%12[C@H](O)[C@@H](O)[C@H](O)O[C@@H]%12C(=O)O)O[C@@H]%11C(=O)O)O[C@@H]%10C(=O)O)O[C@@H]9C(=O)O)O[C@@H]8C(=O)O)O[C@@H]7C(=O)O)O[C@@H]6C(=O)O)O[C@@H]5C(=O)O)O[C@@H]4C(=O)O)O[C@@H]3C(=O)O)O[C@@H]2C(=O)O)O1. The molecule has 0 amide bonds. The van der Waals surface area contributed by atoms with E-state index in [1.807, 2.05) is 0 Å². The molecular formula is C72H98O72. The van der Waals surface area contributed by atoms with Crippen LogP contribution in [0.15, 0.2) is 0 Å². The van der Waals surface area contributed by atoms with Crippen molar-refractivity contribution in [1.29, 1.82) is 0 Å². The van der Waals surface area contributed by atoms with Gasteiger partial charge in [-0.05, 0) is 0 Å². The van der Waals surface area contributed by atoms with Gasteiger partial charge in [0.1, 0.15) is 208 Å². The highest BCUT2D eigenvalue weighted by Gasteiger charge is 2.67. The Bertz CT molecular complexity index is 4360. The quantitative estimate of drug-likeness (QED) is 0.0284. The van der Waals surface area contributed by atoms with Crippen molar-refractivity contribution in [2.75, 3.05) is 0 Å². The second-order valence-corrected chi connectivity index (χ2v) is 33.9. The number of carbonyl (C=O) groups is 12. The van der Waals surface area contributed by atoms with Crippen LogP contribution in [0, 0.1) is 0 Å². The maximum atomic E-state index is 12.9. The fraction of sp³-hybridized carbons (Fsp3) is 0.833. The first-order chi connectivity index (χ1) is 67.2. The minimum atomic E-state index is -2.88. The maximum absolute atomic E-state index is 12.9. The molecule has 0 spiro atoms. The third kappa shape index (κ3) is 23.0. The van der Waals surface area contributed by atoms with Gasteiger partial charge in [-0.1, -0.05) is 0 Å². The van der Waals surface area contributed by atoms with E-state index in [1.54, 1.807) is 0 Å². The van der Waals surface area contributed by atoms with Crippen molar-refractivity contribution in [3.05, 3.63) is 0 Å². The second-order valence-electron chi connectivity index (χ2n) is 33.9. The Balaban J connectivity index is 0.644. The van der Waals surface area contributed by atoms with Crippen LogP contribution in [0.4, 0.5) is 0 Å². The zero-order valence-electron chi connectivity index (χ0n) is 71.6. The van der Waals surface area contributed by atoms with Crippen LogP contribution in [0.3, 0.4) is 0 Å². The van der Waals surface area contributed by atoms with Gasteiger partial charge in [0.2, 0.25) is 0 Å². The normalized spacial score (nSPS) is 49.7. The van der Waals surface area contributed by atoms with Gasteiger partial charge in [0.25, 0.3) is 0 Å². The van der Waals surface area contributed by atoms with Gasteiger partial charge in [-0.15, -0.1) is 0 Å². The molecule has 0 aromatic rings. The van der Waals surface area contributed by atoms with E-state index in [2.05, 4.69) is 0 Å². The Hall–Kier alpha value is -8.28. The first-order valence-electron chi connectivity index (χ1n) is 42.0. The molecule has 59 atom stereocenters. The Morgan fingerprint density at radius 2 is 0.264 bits per heavy atom. The molecule has 12 saturated heterocycles. The topological polar surface area (TPSA) is 1170 Å². The lowest BCUT2D eigenvalue weighted by atomic mass is 9.94. The van der Waals surface area contributed by atoms with Gasteiger partial charge in [-0.2, -0.15) is 0 Å². The minimum Gasteiger partial charge on any atom is -0.479 e. The lowest BCUT2D eigenvalue weighted by Gasteiger charge is -2.49. The van der Waals surface area contributed by atoms with E-state index >= 15 is 0 Å². The fourth-order valence-corrected chi connectivity index (χ4v) is 17.0. The van der Waals surface area contributed by atoms with E-state index in [-0.39, 0.29) is 0 Å². The summed E-state index contributed by atoms with van der Waals surface area (Å²) in [4.78, 5) is 151. The molecule has 12 aliphatic heterocycles. The van der Waals surface area contributed by atoms with E-state index in [0.717, 1.165) is 0 Å². The summed E-state index contributed by atoms with van der Waals surface area (Å²) >= 11 is 0. The first kappa shape index (κ1) is 114. The van der Waals surface area contributed by atoms with E-state index in [4.69, 9.17) is 109 Å².